The standard InChI is InChI=1S/C41H53N5O3S/c1-6-7-8-9-10-24-49-34-19-17-30(18-20-34)32-26-42-38(43-27-32)31-15-13-29(14-16-31)25-35(39(47)44-28-33-12-11-23-46(33)5)45-40(48)36-21-22-37(50-36)41(2,3)4/h13-22,26-27,33,35H,6-12,23-25,28H2,1-5H3,(H,44,47)(H,45,48). The molecule has 2 amide bonds. The molecule has 50 heavy (non-hydrogen) atoms. The number of amides is 2. The second-order valence-electron chi connectivity index (χ2n) is 14.4. The van der Waals surface area contributed by atoms with Crippen molar-refractivity contribution in [1.29, 1.82) is 0 Å². The van der Waals surface area contributed by atoms with Gasteiger partial charge in [-0.1, -0.05) is 89.8 Å². The number of likely N-dealkylation sites (N-methyl/N-ethyl adjacent to an activating group) is 1. The van der Waals surface area contributed by atoms with Gasteiger partial charge in [-0.2, -0.15) is 0 Å². The number of aromatic nitrogens is 2. The van der Waals surface area contributed by atoms with E-state index in [1.165, 1.54) is 37.0 Å². The number of carbonyl (C=O) groups is 2. The van der Waals surface area contributed by atoms with E-state index in [4.69, 9.17) is 4.74 Å². The van der Waals surface area contributed by atoms with Gasteiger partial charge in [0.15, 0.2) is 5.82 Å². The van der Waals surface area contributed by atoms with Gasteiger partial charge in [-0.25, -0.2) is 9.97 Å². The first-order chi connectivity index (χ1) is 24.1. The predicted molar refractivity (Wildman–Crippen MR) is 204 cm³/mol. The molecular formula is C41H53N5O3S. The minimum absolute atomic E-state index is 0.0488. The van der Waals surface area contributed by atoms with Crippen LogP contribution in [0.4, 0.5) is 0 Å². The van der Waals surface area contributed by atoms with Crippen molar-refractivity contribution in [2.24, 2.45) is 0 Å². The van der Waals surface area contributed by atoms with Gasteiger partial charge in [-0.15, -0.1) is 11.3 Å². The molecule has 3 heterocycles. The van der Waals surface area contributed by atoms with Crippen LogP contribution in [0.2, 0.25) is 0 Å². The van der Waals surface area contributed by atoms with Crippen molar-refractivity contribution >= 4 is 23.2 Å². The second-order valence-corrected chi connectivity index (χ2v) is 15.5. The second kappa shape index (κ2) is 17.7. The summed E-state index contributed by atoms with van der Waals surface area (Å²) in [6.07, 6.45) is 12.3. The number of hydrogen-bond acceptors (Lipinski definition) is 7. The molecular weight excluding hydrogens is 643 g/mol. The number of carbonyl (C=O) groups excluding carboxylic acids is 2. The molecule has 2 N–H and O–H groups in total. The normalized spacial score (nSPS) is 15.5. The van der Waals surface area contributed by atoms with Crippen molar-refractivity contribution in [3.05, 3.63) is 88.4 Å². The van der Waals surface area contributed by atoms with E-state index >= 15 is 0 Å². The fraction of sp³-hybridized carbons (Fsp3) is 0.463. The molecule has 4 aromatic rings. The minimum Gasteiger partial charge on any atom is -0.494 e. The van der Waals surface area contributed by atoms with Crippen LogP contribution in [0, 0.1) is 0 Å². The monoisotopic (exact) mass is 695 g/mol. The van der Waals surface area contributed by atoms with Crippen LogP contribution in [0.15, 0.2) is 73.1 Å². The Kier molecular flexibility index (Phi) is 13.2. The van der Waals surface area contributed by atoms with Crippen LogP contribution in [0.5, 0.6) is 5.75 Å². The minimum atomic E-state index is -0.710. The molecule has 0 radical (unpaired) electrons. The van der Waals surface area contributed by atoms with Crippen LogP contribution in [-0.4, -0.2) is 65.5 Å². The van der Waals surface area contributed by atoms with Crippen LogP contribution >= 0.6 is 11.3 Å². The topological polar surface area (TPSA) is 96.4 Å². The summed E-state index contributed by atoms with van der Waals surface area (Å²) < 4.78 is 5.91. The quantitative estimate of drug-likeness (QED) is 0.115. The third-order valence-electron chi connectivity index (χ3n) is 9.38. The first kappa shape index (κ1) is 37.2. The van der Waals surface area contributed by atoms with E-state index in [-0.39, 0.29) is 17.2 Å². The third-order valence-corrected chi connectivity index (χ3v) is 10.9. The zero-order valence-electron chi connectivity index (χ0n) is 30.3. The summed E-state index contributed by atoms with van der Waals surface area (Å²) in [6, 6.07) is 19.4. The van der Waals surface area contributed by atoms with Gasteiger partial charge >= 0.3 is 0 Å². The summed E-state index contributed by atoms with van der Waals surface area (Å²) in [5.74, 6) is 1.10. The summed E-state index contributed by atoms with van der Waals surface area (Å²) in [7, 11) is 2.09. The molecule has 2 unspecified atom stereocenters. The Hall–Kier alpha value is -4.08. The van der Waals surface area contributed by atoms with E-state index in [1.54, 1.807) is 0 Å². The molecule has 9 heteroatoms. The Labute approximate surface area is 302 Å². The van der Waals surface area contributed by atoms with E-state index in [0.29, 0.717) is 29.7 Å². The van der Waals surface area contributed by atoms with Crippen LogP contribution in [0.25, 0.3) is 22.5 Å². The SMILES string of the molecule is CCCCCCCOc1ccc(-c2cnc(-c3ccc(CC(NC(=O)c4ccc(C(C)(C)C)s4)C(=O)NCC4CCCN4C)cc3)nc2)cc1. The molecule has 0 aliphatic carbocycles. The predicted octanol–water partition coefficient (Wildman–Crippen LogP) is 8.07. The average Bonchev–Trinajstić information content (AvgIpc) is 3.79. The number of rotatable bonds is 16. The third kappa shape index (κ3) is 10.5. The number of unbranched alkanes of at least 4 members (excludes halogenated alkanes) is 4. The molecule has 0 spiro atoms. The van der Waals surface area contributed by atoms with E-state index in [1.807, 2.05) is 73.1 Å². The fourth-order valence-corrected chi connectivity index (χ4v) is 7.14. The lowest BCUT2D eigenvalue weighted by atomic mass is 9.95. The molecule has 1 aliphatic heterocycles. The van der Waals surface area contributed by atoms with Crippen molar-refractivity contribution in [2.45, 2.75) is 96.6 Å². The molecule has 0 saturated carbocycles. The van der Waals surface area contributed by atoms with Gasteiger partial charge in [-0.3, -0.25) is 9.59 Å². The lowest BCUT2D eigenvalue weighted by molar-refractivity contribution is -0.123. The Morgan fingerprint density at radius 2 is 1.62 bits per heavy atom. The number of ether oxygens (including phenoxy) is 1. The van der Waals surface area contributed by atoms with Crippen molar-refractivity contribution in [2.75, 3.05) is 26.7 Å². The molecule has 2 aromatic heterocycles. The van der Waals surface area contributed by atoms with Crippen LogP contribution in [-0.2, 0) is 16.6 Å². The number of thiophene rings is 1. The number of likely N-dealkylation sites (tertiary alicyclic amines) is 1. The molecule has 1 saturated heterocycles. The largest absolute Gasteiger partial charge is 0.494 e. The summed E-state index contributed by atoms with van der Waals surface area (Å²) in [4.78, 5) is 40.2. The van der Waals surface area contributed by atoms with Crippen LogP contribution in [0.3, 0.4) is 0 Å². The number of hydrogen-bond donors (Lipinski definition) is 2. The maximum Gasteiger partial charge on any atom is 0.262 e. The zero-order valence-corrected chi connectivity index (χ0v) is 31.2. The van der Waals surface area contributed by atoms with Gasteiger partial charge in [0.2, 0.25) is 5.91 Å². The number of nitrogens with zero attached hydrogens (tertiary/aromatic N) is 3. The van der Waals surface area contributed by atoms with Crippen molar-refractivity contribution in [3.63, 3.8) is 0 Å². The van der Waals surface area contributed by atoms with Gasteiger partial charge in [0, 0.05) is 47.4 Å². The van der Waals surface area contributed by atoms with Gasteiger partial charge in [-0.05, 0) is 73.7 Å². The Balaban J connectivity index is 1.21. The van der Waals surface area contributed by atoms with Crippen LogP contribution in [0.1, 0.15) is 92.8 Å². The zero-order chi connectivity index (χ0) is 35.5. The highest BCUT2D eigenvalue weighted by atomic mass is 32.1. The Morgan fingerprint density at radius 1 is 0.920 bits per heavy atom. The molecule has 2 atom stereocenters. The molecule has 5 rings (SSSR count). The van der Waals surface area contributed by atoms with Crippen molar-refractivity contribution in [1.82, 2.24) is 25.5 Å². The van der Waals surface area contributed by atoms with E-state index < -0.39 is 6.04 Å². The van der Waals surface area contributed by atoms with Crippen LogP contribution < -0.4 is 15.4 Å². The van der Waals surface area contributed by atoms with E-state index in [2.05, 4.69) is 60.2 Å². The molecule has 2 aromatic carbocycles. The molecule has 1 aliphatic rings. The molecule has 8 nitrogen and oxygen atoms in total. The average molecular weight is 696 g/mol. The highest BCUT2D eigenvalue weighted by molar-refractivity contribution is 7.14. The first-order valence-corrected chi connectivity index (χ1v) is 19.0. The van der Waals surface area contributed by atoms with E-state index in [0.717, 1.165) is 65.3 Å². The maximum atomic E-state index is 13.5. The lowest BCUT2D eigenvalue weighted by Gasteiger charge is -2.23. The Bertz CT molecular complexity index is 1660. The van der Waals surface area contributed by atoms with Gasteiger partial charge in [0.25, 0.3) is 5.91 Å². The first-order valence-electron chi connectivity index (χ1n) is 18.1. The number of benzene rings is 2. The molecule has 266 valence electrons. The summed E-state index contributed by atoms with van der Waals surface area (Å²) in [5.41, 5.74) is 3.74. The highest BCUT2D eigenvalue weighted by Gasteiger charge is 2.27. The van der Waals surface area contributed by atoms with Gasteiger partial charge in [0.05, 0.1) is 11.5 Å². The molecule has 1 fully saturated rings. The van der Waals surface area contributed by atoms with Crippen molar-refractivity contribution in [3.8, 4) is 28.3 Å². The Morgan fingerprint density at radius 3 is 2.26 bits per heavy atom. The van der Waals surface area contributed by atoms with Gasteiger partial charge < -0.3 is 20.3 Å². The smallest absolute Gasteiger partial charge is 0.262 e. The maximum absolute atomic E-state index is 13.5. The highest BCUT2D eigenvalue weighted by Crippen LogP contribution is 2.30. The molecule has 0 bridgehead atoms. The lowest BCUT2D eigenvalue weighted by Crippen LogP contribution is -2.50. The fourth-order valence-electron chi connectivity index (χ4n) is 6.17. The number of nitrogens with one attached hydrogen (secondary N) is 2. The van der Waals surface area contributed by atoms with Crippen molar-refractivity contribution < 1.29 is 14.3 Å². The summed E-state index contributed by atoms with van der Waals surface area (Å²) >= 11 is 1.48. The van der Waals surface area contributed by atoms with E-state index in [9.17, 15) is 9.59 Å². The van der Waals surface area contributed by atoms with Gasteiger partial charge in [0.1, 0.15) is 11.8 Å². The summed E-state index contributed by atoms with van der Waals surface area (Å²) in [6.45, 7) is 11.0. The summed E-state index contributed by atoms with van der Waals surface area (Å²) in [5, 5.41) is 6.16.